The minimum absolute atomic E-state index is 0.292. The molecule has 0 fully saturated rings. The molecule has 0 saturated heterocycles. The zero-order chi connectivity index (χ0) is 13.4. The first-order valence-electron chi connectivity index (χ1n) is 6.31. The van der Waals surface area contributed by atoms with E-state index in [2.05, 4.69) is 35.0 Å². The predicted molar refractivity (Wildman–Crippen MR) is 77.7 cm³/mol. The van der Waals surface area contributed by atoms with Gasteiger partial charge in [-0.25, -0.2) is 9.67 Å². The second kappa shape index (κ2) is 4.62. The smallest absolute Gasteiger partial charge is 0.223 e. The molecule has 0 aliphatic rings. The van der Waals surface area contributed by atoms with E-state index in [1.54, 1.807) is 11.3 Å². The number of nitrogens with two attached hydrogens (primary N) is 1. The third kappa shape index (κ3) is 1.98. The van der Waals surface area contributed by atoms with Crippen LogP contribution in [0, 0.1) is 0 Å². The van der Waals surface area contributed by atoms with Gasteiger partial charge in [0.2, 0.25) is 5.95 Å². The van der Waals surface area contributed by atoms with Gasteiger partial charge in [-0.3, -0.25) is 0 Å². The van der Waals surface area contributed by atoms with Gasteiger partial charge in [-0.05, 0) is 30.4 Å². The van der Waals surface area contributed by atoms with Gasteiger partial charge >= 0.3 is 0 Å². The topological polar surface area (TPSA) is 69.6 Å². The van der Waals surface area contributed by atoms with Crippen LogP contribution in [-0.2, 0) is 12.8 Å². The Bertz CT molecular complexity index is 728. The fourth-order valence-corrected chi connectivity index (χ4v) is 2.87. The van der Waals surface area contributed by atoms with Gasteiger partial charge in [-0.2, -0.15) is 10.1 Å². The van der Waals surface area contributed by atoms with Crippen molar-refractivity contribution < 1.29 is 0 Å². The lowest BCUT2D eigenvalue weighted by Gasteiger charge is -2.06. The van der Waals surface area contributed by atoms with E-state index >= 15 is 0 Å². The molecule has 19 heavy (non-hydrogen) atoms. The van der Waals surface area contributed by atoms with E-state index in [1.165, 1.54) is 0 Å². The van der Waals surface area contributed by atoms with Crippen molar-refractivity contribution in [2.24, 2.45) is 0 Å². The molecule has 98 valence electrons. The van der Waals surface area contributed by atoms with Gasteiger partial charge in [0.05, 0.1) is 11.1 Å². The molecule has 0 saturated carbocycles. The molecule has 0 spiro atoms. The molecule has 2 N–H and O–H groups in total. The van der Waals surface area contributed by atoms with Crippen molar-refractivity contribution >= 4 is 27.5 Å². The fraction of sp³-hybridized carbons (Fsp3) is 0.308. The van der Waals surface area contributed by atoms with Crippen LogP contribution in [0.5, 0.6) is 0 Å². The number of aryl methyl sites for hydroxylation is 2. The van der Waals surface area contributed by atoms with Crippen molar-refractivity contribution in [2.45, 2.75) is 26.7 Å². The Morgan fingerprint density at radius 1 is 1.26 bits per heavy atom. The number of nitrogen functional groups attached to an aromatic ring is 1. The highest BCUT2D eigenvalue weighted by Gasteiger charge is 2.14. The van der Waals surface area contributed by atoms with E-state index in [1.807, 2.05) is 16.1 Å². The maximum Gasteiger partial charge on any atom is 0.223 e. The molecular weight excluding hydrogens is 258 g/mol. The van der Waals surface area contributed by atoms with E-state index in [0.717, 1.165) is 40.3 Å². The normalized spacial score (nSPS) is 11.3. The highest BCUT2D eigenvalue weighted by Crippen LogP contribution is 2.25. The van der Waals surface area contributed by atoms with E-state index in [-0.39, 0.29) is 0 Å². The zero-order valence-corrected chi connectivity index (χ0v) is 11.7. The molecule has 0 unspecified atom stereocenters. The van der Waals surface area contributed by atoms with Crippen LogP contribution < -0.4 is 5.73 Å². The largest absolute Gasteiger partial charge is 0.368 e. The number of hydrogen-bond donors (Lipinski definition) is 1. The highest BCUT2D eigenvalue weighted by atomic mass is 32.1. The van der Waals surface area contributed by atoms with Crippen LogP contribution in [0.15, 0.2) is 17.5 Å². The number of aromatic nitrogens is 4. The Labute approximate surface area is 115 Å². The fourth-order valence-electron chi connectivity index (χ4n) is 2.10. The lowest BCUT2D eigenvalue weighted by molar-refractivity contribution is 0.778. The van der Waals surface area contributed by atoms with Crippen molar-refractivity contribution in [1.82, 2.24) is 19.7 Å². The number of anilines is 1. The van der Waals surface area contributed by atoms with Crippen LogP contribution in [0.4, 0.5) is 5.95 Å². The van der Waals surface area contributed by atoms with Crippen LogP contribution >= 0.6 is 11.3 Å². The maximum atomic E-state index is 5.80. The van der Waals surface area contributed by atoms with Gasteiger partial charge in [0.15, 0.2) is 5.82 Å². The Kier molecular flexibility index (Phi) is 2.94. The Morgan fingerprint density at radius 2 is 2.11 bits per heavy atom. The second-order valence-electron chi connectivity index (χ2n) is 4.29. The summed E-state index contributed by atoms with van der Waals surface area (Å²) in [5, 5.41) is 7.61. The molecular formula is C13H15N5S. The van der Waals surface area contributed by atoms with Crippen LogP contribution in [0.25, 0.3) is 16.0 Å². The maximum absolute atomic E-state index is 5.80. The molecule has 0 aromatic carbocycles. The minimum atomic E-state index is 0.292. The second-order valence-corrected chi connectivity index (χ2v) is 5.19. The molecule has 3 heterocycles. The Balaban J connectivity index is 2.28. The van der Waals surface area contributed by atoms with Crippen LogP contribution in [0.1, 0.15) is 25.2 Å². The van der Waals surface area contributed by atoms with Crippen molar-refractivity contribution in [3.05, 3.63) is 28.9 Å². The van der Waals surface area contributed by atoms with Gasteiger partial charge in [-0.15, -0.1) is 11.3 Å². The van der Waals surface area contributed by atoms with E-state index in [4.69, 9.17) is 5.73 Å². The monoisotopic (exact) mass is 273 g/mol. The van der Waals surface area contributed by atoms with Gasteiger partial charge in [0.25, 0.3) is 0 Å². The SMILES string of the molecule is CCc1cc(CC)n(-c2nc(N)nc3sccc23)n1. The minimum Gasteiger partial charge on any atom is -0.368 e. The highest BCUT2D eigenvalue weighted by molar-refractivity contribution is 7.16. The van der Waals surface area contributed by atoms with Gasteiger partial charge < -0.3 is 5.73 Å². The van der Waals surface area contributed by atoms with E-state index in [0.29, 0.717) is 5.95 Å². The van der Waals surface area contributed by atoms with Crippen LogP contribution in [0.3, 0.4) is 0 Å². The van der Waals surface area contributed by atoms with E-state index in [9.17, 15) is 0 Å². The van der Waals surface area contributed by atoms with Crippen molar-refractivity contribution in [3.63, 3.8) is 0 Å². The van der Waals surface area contributed by atoms with Crippen LogP contribution in [0.2, 0.25) is 0 Å². The molecule has 3 rings (SSSR count). The number of fused-ring (bicyclic) bond motifs is 1. The molecule has 6 heteroatoms. The average Bonchev–Trinajstić information content (AvgIpc) is 3.03. The third-order valence-electron chi connectivity index (χ3n) is 3.08. The average molecular weight is 273 g/mol. The molecule has 0 radical (unpaired) electrons. The quantitative estimate of drug-likeness (QED) is 0.796. The summed E-state index contributed by atoms with van der Waals surface area (Å²) in [5.41, 5.74) is 8.00. The van der Waals surface area contributed by atoms with Crippen molar-refractivity contribution in [2.75, 3.05) is 5.73 Å². The van der Waals surface area contributed by atoms with Gasteiger partial charge in [0.1, 0.15) is 4.83 Å². The summed E-state index contributed by atoms with van der Waals surface area (Å²) in [6.45, 7) is 4.21. The Morgan fingerprint density at radius 3 is 2.84 bits per heavy atom. The summed E-state index contributed by atoms with van der Waals surface area (Å²) in [4.78, 5) is 9.52. The molecule has 0 amide bonds. The van der Waals surface area contributed by atoms with Gasteiger partial charge in [0, 0.05) is 5.69 Å². The summed E-state index contributed by atoms with van der Waals surface area (Å²) in [6.07, 6.45) is 1.82. The number of hydrogen-bond acceptors (Lipinski definition) is 5. The molecule has 5 nitrogen and oxygen atoms in total. The van der Waals surface area contributed by atoms with Crippen LogP contribution in [-0.4, -0.2) is 19.7 Å². The lowest BCUT2D eigenvalue weighted by Crippen LogP contribution is -2.07. The summed E-state index contributed by atoms with van der Waals surface area (Å²) in [6, 6.07) is 4.14. The number of nitrogens with zero attached hydrogens (tertiary/aromatic N) is 4. The van der Waals surface area contributed by atoms with E-state index < -0.39 is 0 Å². The standard InChI is InChI=1S/C13H15N5S/c1-3-8-7-9(4-2)18(17-8)11-10-5-6-19-12(10)16-13(14)15-11/h5-7H,3-4H2,1-2H3,(H2,14,15,16). The number of rotatable bonds is 3. The lowest BCUT2D eigenvalue weighted by atomic mass is 10.2. The van der Waals surface area contributed by atoms with Crippen molar-refractivity contribution in [1.29, 1.82) is 0 Å². The molecule has 0 atom stereocenters. The molecule has 0 bridgehead atoms. The summed E-state index contributed by atoms with van der Waals surface area (Å²) in [7, 11) is 0. The predicted octanol–water partition coefficient (Wildman–Crippen LogP) is 2.58. The number of thiophene rings is 1. The van der Waals surface area contributed by atoms with Gasteiger partial charge in [-0.1, -0.05) is 13.8 Å². The molecule has 3 aromatic rings. The summed E-state index contributed by atoms with van der Waals surface area (Å²) < 4.78 is 1.89. The summed E-state index contributed by atoms with van der Waals surface area (Å²) in [5.74, 6) is 1.07. The first-order valence-corrected chi connectivity index (χ1v) is 7.19. The molecule has 0 aliphatic heterocycles. The summed E-state index contributed by atoms with van der Waals surface area (Å²) >= 11 is 1.56. The first kappa shape index (κ1) is 12.1. The first-order chi connectivity index (χ1) is 9.22. The Hall–Kier alpha value is -1.95. The molecule has 3 aromatic heterocycles. The third-order valence-corrected chi connectivity index (χ3v) is 3.89. The zero-order valence-electron chi connectivity index (χ0n) is 10.9. The van der Waals surface area contributed by atoms with Crippen molar-refractivity contribution in [3.8, 4) is 5.82 Å². The molecule has 0 aliphatic carbocycles.